The molecule has 3 rings (SSSR count). The molecule has 5 heteroatoms. The number of amides is 1. The second-order valence-corrected chi connectivity index (χ2v) is 7.46. The van der Waals surface area contributed by atoms with Gasteiger partial charge in [0.1, 0.15) is 5.75 Å². The molecule has 1 N–H and O–H groups in total. The van der Waals surface area contributed by atoms with Crippen LogP contribution in [0.25, 0.3) is 11.1 Å². The predicted molar refractivity (Wildman–Crippen MR) is 111 cm³/mol. The number of benzene rings is 2. The Balaban J connectivity index is 1.49. The normalized spacial score (nSPS) is 12.0. The van der Waals surface area contributed by atoms with Crippen molar-refractivity contribution in [3.8, 4) is 16.9 Å². The zero-order valence-electron chi connectivity index (χ0n) is 15.6. The van der Waals surface area contributed by atoms with Crippen molar-refractivity contribution in [1.29, 1.82) is 0 Å². The molecule has 1 amide bonds. The van der Waals surface area contributed by atoms with Gasteiger partial charge in [-0.15, -0.1) is 11.3 Å². The first-order valence-electron chi connectivity index (χ1n) is 8.88. The zero-order valence-corrected chi connectivity index (χ0v) is 16.4. The number of rotatable bonds is 8. The second kappa shape index (κ2) is 9.35. The van der Waals surface area contributed by atoms with Gasteiger partial charge in [-0.2, -0.15) is 0 Å². The molecular weight excluding hydrogens is 356 g/mol. The minimum atomic E-state index is -0.120. The van der Waals surface area contributed by atoms with Crippen LogP contribution in [0, 0.1) is 0 Å². The monoisotopic (exact) mass is 380 g/mol. The Morgan fingerprint density at radius 2 is 1.70 bits per heavy atom. The van der Waals surface area contributed by atoms with E-state index in [0.717, 1.165) is 11.1 Å². The summed E-state index contributed by atoms with van der Waals surface area (Å²) in [5.74, 6) is 0.567. The fraction of sp³-hybridized carbons (Fsp3) is 0.227. The first-order chi connectivity index (χ1) is 13.1. The fourth-order valence-corrected chi connectivity index (χ4v) is 3.73. The first-order valence-corrected chi connectivity index (χ1v) is 9.76. The number of ether oxygens (including phenoxy) is 1. The van der Waals surface area contributed by atoms with Crippen LogP contribution in [0.3, 0.4) is 0 Å². The van der Waals surface area contributed by atoms with E-state index in [1.54, 1.807) is 11.3 Å². The summed E-state index contributed by atoms with van der Waals surface area (Å²) in [6, 6.07) is 22.2. The molecule has 1 atom stereocenters. The van der Waals surface area contributed by atoms with Crippen molar-refractivity contribution in [3.63, 3.8) is 0 Å². The van der Waals surface area contributed by atoms with Crippen LogP contribution in [0.1, 0.15) is 10.9 Å². The number of hydrogen-bond acceptors (Lipinski definition) is 4. The summed E-state index contributed by atoms with van der Waals surface area (Å²) in [5, 5.41) is 5.01. The van der Waals surface area contributed by atoms with Crippen LogP contribution in [-0.2, 0) is 4.79 Å². The highest BCUT2D eigenvalue weighted by Crippen LogP contribution is 2.23. The zero-order chi connectivity index (χ0) is 19.1. The van der Waals surface area contributed by atoms with Gasteiger partial charge >= 0.3 is 0 Å². The van der Waals surface area contributed by atoms with Crippen molar-refractivity contribution in [2.24, 2.45) is 0 Å². The Bertz CT molecular complexity index is 831. The average molecular weight is 381 g/mol. The Morgan fingerprint density at radius 3 is 2.33 bits per heavy atom. The minimum Gasteiger partial charge on any atom is -0.484 e. The molecule has 27 heavy (non-hydrogen) atoms. The Hall–Kier alpha value is -2.63. The first kappa shape index (κ1) is 19.1. The van der Waals surface area contributed by atoms with Crippen molar-refractivity contribution in [2.45, 2.75) is 6.04 Å². The van der Waals surface area contributed by atoms with Crippen molar-refractivity contribution < 1.29 is 9.53 Å². The van der Waals surface area contributed by atoms with Gasteiger partial charge in [-0.25, -0.2) is 0 Å². The standard InChI is InChI=1S/C22H24N2O2S/c1-24(2)20(21-9-6-14-27-21)15-23-22(25)16-26-19-12-10-18(11-13-19)17-7-4-3-5-8-17/h3-14,20H,15-16H2,1-2H3,(H,23,25)/t20-/m1/s1. The molecular formula is C22H24N2O2S. The van der Waals surface area contributed by atoms with E-state index in [2.05, 4.69) is 33.8 Å². The maximum atomic E-state index is 12.2. The summed E-state index contributed by atoms with van der Waals surface area (Å²) in [6.45, 7) is 0.567. The third kappa shape index (κ3) is 5.42. The minimum absolute atomic E-state index is 0.00920. The molecule has 0 saturated carbocycles. The van der Waals surface area contributed by atoms with Gasteiger partial charge in [0.15, 0.2) is 6.61 Å². The molecule has 0 aliphatic heterocycles. The number of nitrogens with zero attached hydrogens (tertiary/aromatic N) is 1. The Labute approximate surface area is 164 Å². The van der Waals surface area contributed by atoms with Gasteiger partial charge in [0.2, 0.25) is 0 Å². The van der Waals surface area contributed by atoms with E-state index in [1.807, 2.05) is 62.6 Å². The van der Waals surface area contributed by atoms with Crippen molar-refractivity contribution in [2.75, 3.05) is 27.2 Å². The quantitative estimate of drug-likeness (QED) is 0.636. The largest absolute Gasteiger partial charge is 0.484 e. The third-order valence-electron chi connectivity index (χ3n) is 4.32. The summed E-state index contributed by atoms with van der Waals surface area (Å²) < 4.78 is 5.62. The lowest BCUT2D eigenvalue weighted by Gasteiger charge is -2.23. The van der Waals surface area contributed by atoms with Crippen LogP contribution in [0.5, 0.6) is 5.75 Å². The molecule has 0 aliphatic carbocycles. The maximum Gasteiger partial charge on any atom is 0.258 e. The summed E-state index contributed by atoms with van der Waals surface area (Å²) in [5.41, 5.74) is 2.28. The van der Waals surface area contributed by atoms with E-state index in [1.165, 1.54) is 4.88 Å². The number of thiophene rings is 1. The topological polar surface area (TPSA) is 41.6 Å². The van der Waals surface area contributed by atoms with E-state index in [9.17, 15) is 4.79 Å². The molecule has 0 fully saturated rings. The van der Waals surface area contributed by atoms with Gasteiger partial charge in [-0.05, 0) is 48.8 Å². The summed E-state index contributed by atoms with van der Waals surface area (Å²) >= 11 is 1.70. The van der Waals surface area contributed by atoms with E-state index in [4.69, 9.17) is 4.74 Å². The molecule has 0 saturated heterocycles. The molecule has 140 valence electrons. The Morgan fingerprint density at radius 1 is 1.00 bits per heavy atom. The third-order valence-corrected chi connectivity index (χ3v) is 5.29. The van der Waals surface area contributed by atoms with E-state index in [-0.39, 0.29) is 18.6 Å². The number of nitrogens with one attached hydrogen (secondary N) is 1. The maximum absolute atomic E-state index is 12.2. The molecule has 0 bridgehead atoms. The van der Waals surface area contributed by atoms with Gasteiger partial charge in [-0.3, -0.25) is 4.79 Å². The van der Waals surface area contributed by atoms with Gasteiger partial charge < -0.3 is 15.0 Å². The lowest BCUT2D eigenvalue weighted by molar-refractivity contribution is -0.123. The molecule has 4 nitrogen and oxygen atoms in total. The predicted octanol–water partition coefficient (Wildman–Crippen LogP) is 4.21. The highest BCUT2D eigenvalue weighted by molar-refractivity contribution is 7.10. The van der Waals surface area contributed by atoms with Crippen LogP contribution in [-0.4, -0.2) is 38.1 Å². The molecule has 1 heterocycles. The molecule has 0 spiro atoms. The van der Waals surface area contributed by atoms with Crippen LogP contribution in [0.4, 0.5) is 0 Å². The van der Waals surface area contributed by atoms with Gasteiger partial charge in [0.05, 0.1) is 6.04 Å². The van der Waals surface area contributed by atoms with Crippen molar-refractivity contribution in [1.82, 2.24) is 10.2 Å². The van der Waals surface area contributed by atoms with E-state index in [0.29, 0.717) is 12.3 Å². The molecule has 1 aromatic heterocycles. The summed E-state index contributed by atoms with van der Waals surface area (Å²) in [7, 11) is 4.03. The molecule has 2 aromatic carbocycles. The number of carbonyl (C=O) groups excluding carboxylic acids is 1. The van der Waals surface area contributed by atoms with Crippen molar-refractivity contribution >= 4 is 17.2 Å². The van der Waals surface area contributed by atoms with Gasteiger partial charge in [0, 0.05) is 11.4 Å². The van der Waals surface area contributed by atoms with Crippen LogP contribution < -0.4 is 10.1 Å². The SMILES string of the molecule is CN(C)[C@H](CNC(=O)COc1ccc(-c2ccccc2)cc1)c1cccs1. The highest BCUT2D eigenvalue weighted by Gasteiger charge is 2.16. The molecule has 0 radical (unpaired) electrons. The summed E-state index contributed by atoms with van der Waals surface area (Å²) in [6.07, 6.45) is 0. The number of hydrogen-bond donors (Lipinski definition) is 1. The highest BCUT2D eigenvalue weighted by atomic mass is 32.1. The van der Waals surface area contributed by atoms with Gasteiger partial charge in [-0.1, -0.05) is 48.5 Å². The molecule has 0 unspecified atom stereocenters. The van der Waals surface area contributed by atoms with Crippen molar-refractivity contribution in [3.05, 3.63) is 77.0 Å². The van der Waals surface area contributed by atoms with E-state index >= 15 is 0 Å². The van der Waals surface area contributed by atoms with E-state index < -0.39 is 0 Å². The average Bonchev–Trinajstić information content (AvgIpc) is 3.22. The summed E-state index contributed by atoms with van der Waals surface area (Å²) in [4.78, 5) is 15.5. The fourth-order valence-electron chi connectivity index (χ4n) is 2.80. The number of likely N-dealkylation sites (N-methyl/N-ethyl adjacent to an activating group) is 1. The van der Waals surface area contributed by atoms with Gasteiger partial charge in [0.25, 0.3) is 5.91 Å². The van der Waals surface area contributed by atoms with Crippen LogP contribution >= 0.6 is 11.3 Å². The molecule has 3 aromatic rings. The van der Waals surface area contributed by atoms with Crippen LogP contribution in [0.2, 0.25) is 0 Å². The lowest BCUT2D eigenvalue weighted by Crippen LogP contribution is -2.36. The van der Waals surface area contributed by atoms with Crippen LogP contribution in [0.15, 0.2) is 72.1 Å². The Kier molecular flexibility index (Phi) is 6.63. The molecule has 0 aliphatic rings. The smallest absolute Gasteiger partial charge is 0.258 e. The lowest BCUT2D eigenvalue weighted by atomic mass is 10.1. The number of carbonyl (C=O) groups is 1. The second-order valence-electron chi connectivity index (χ2n) is 6.48.